The predicted molar refractivity (Wildman–Crippen MR) is 157 cm³/mol. The average Bonchev–Trinajstić information content (AvgIpc) is 2.92. The molecule has 13 heteroatoms. The molecule has 5 rings (SSSR count). The molecule has 0 radical (unpaired) electrons. The van der Waals surface area contributed by atoms with Crippen LogP contribution in [-0.4, -0.2) is 82.6 Å². The molecule has 0 spiro atoms. The summed E-state index contributed by atoms with van der Waals surface area (Å²) in [6.07, 6.45) is 0.166. The van der Waals surface area contributed by atoms with Crippen molar-refractivity contribution in [1.82, 2.24) is 4.90 Å². The Morgan fingerprint density at radius 1 is 1.02 bits per heavy atom. The first kappa shape index (κ1) is 32.0. The number of fused-ring (bicyclic) bond motifs is 3. The van der Waals surface area contributed by atoms with Gasteiger partial charge in [0.25, 0.3) is 5.91 Å². The van der Waals surface area contributed by atoms with Crippen molar-refractivity contribution in [2.75, 3.05) is 33.1 Å². The summed E-state index contributed by atoms with van der Waals surface area (Å²) >= 11 is 0. The molecule has 240 valence electrons. The second kappa shape index (κ2) is 11.2. The summed E-state index contributed by atoms with van der Waals surface area (Å²) in [6.45, 7) is 0. The highest BCUT2D eigenvalue weighted by Gasteiger charge is 2.64. The SMILES string of the molecule is CN(C)c1cc(CCCc2c(F)cc(F)cc2F)c(O)c2c1C[C@H]1C[C@H]3[C@H](N(C)C)C(=O)C(C(N)=O)=C(O)[C@@]3(O)C(=O)C1=C2O. The molecule has 10 nitrogen and oxygen atoms in total. The zero-order valence-electron chi connectivity index (χ0n) is 25.1. The van der Waals surface area contributed by atoms with E-state index in [0.29, 0.717) is 28.9 Å². The maximum absolute atomic E-state index is 14.2. The number of aryl methyl sites for hydroxylation is 1. The smallest absolute Gasteiger partial charge is 0.255 e. The molecular formula is C32H34F3N3O7. The summed E-state index contributed by atoms with van der Waals surface area (Å²) in [7, 11) is 6.51. The molecule has 0 aromatic heterocycles. The molecule has 6 N–H and O–H groups in total. The summed E-state index contributed by atoms with van der Waals surface area (Å²) in [5, 5.41) is 45.8. The first-order valence-electron chi connectivity index (χ1n) is 14.3. The lowest BCUT2D eigenvalue weighted by Crippen LogP contribution is -2.65. The monoisotopic (exact) mass is 629 g/mol. The molecule has 1 amide bonds. The van der Waals surface area contributed by atoms with Gasteiger partial charge in [0.15, 0.2) is 11.4 Å². The van der Waals surface area contributed by atoms with E-state index >= 15 is 0 Å². The number of carbonyl (C=O) groups is 3. The van der Waals surface area contributed by atoms with Gasteiger partial charge in [-0.2, -0.15) is 0 Å². The van der Waals surface area contributed by atoms with E-state index in [0.717, 1.165) is 0 Å². The van der Waals surface area contributed by atoms with Crippen LogP contribution in [0, 0.1) is 29.3 Å². The number of benzene rings is 2. The van der Waals surface area contributed by atoms with Gasteiger partial charge >= 0.3 is 0 Å². The Balaban J connectivity index is 1.60. The second-order valence-corrected chi connectivity index (χ2v) is 12.3. The number of hydrogen-bond acceptors (Lipinski definition) is 9. The van der Waals surface area contributed by atoms with Crippen molar-refractivity contribution in [3.8, 4) is 5.75 Å². The molecule has 2 aromatic carbocycles. The van der Waals surface area contributed by atoms with E-state index in [1.165, 1.54) is 19.0 Å². The van der Waals surface area contributed by atoms with Gasteiger partial charge in [0, 0.05) is 49.0 Å². The topological polar surface area (TPSA) is 165 Å². The molecule has 0 unspecified atom stereocenters. The molecule has 4 atom stereocenters. The quantitative estimate of drug-likeness (QED) is 0.290. The molecule has 1 fully saturated rings. The molecule has 2 aromatic rings. The van der Waals surface area contributed by atoms with Gasteiger partial charge in [-0.15, -0.1) is 0 Å². The number of rotatable bonds is 7. The lowest BCUT2D eigenvalue weighted by atomic mass is 9.57. The fourth-order valence-electron chi connectivity index (χ4n) is 7.20. The van der Waals surface area contributed by atoms with Gasteiger partial charge in [-0.25, -0.2) is 13.2 Å². The van der Waals surface area contributed by atoms with Crippen LogP contribution in [0.4, 0.5) is 18.9 Å². The number of anilines is 1. The van der Waals surface area contributed by atoms with Crippen molar-refractivity contribution in [1.29, 1.82) is 0 Å². The fourth-order valence-corrected chi connectivity index (χ4v) is 7.20. The number of ketones is 2. The molecular weight excluding hydrogens is 595 g/mol. The second-order valence-electron chi connectivity index (χ2n) is 12.3. The number of nitrogens with two attached hydrogens (primary N) is 1. The molecule has 1 saturated carbocycles. The van der Waals surface area contributed by atoms with Gasteiger partial charge in [-0.1, -0.05) is 0 Å². The van der Waals surface area contributed by atoms with Gasteiger partial charge < -0.3 is 31.1 Å². The lowest BCUT2D eigenvalue weighted by molar-refractivity contribution is -0.153. The lowest BCUT2D eigenvalue weighted by Gasteiger charge is -2.50. The molecule has 0 aliphatic heterocycles. The highest BCUT2D eigenvalue weighted by Crippen LogP contribution is 2.54. The number of aliphatic hydroxyl groups is 3. The van der Waals surface area contributed by atoms with Crippen LogP contribution in [0.5, 0.6) is 5.75 Å². The molecule has 0 heterocycles. The number of Topliss-reactive ketones (excluding diaryl/α,β-unsaturated/α-hetero) is 2. The van der Waals surface area contributed by atoms with E-state index in [-0.39, 0.29) is 54.6 Å². The fraction of sp³-hybridized carbons (Fsp3) is 0.406. The zero-order valence-corrected chi connectivity index (χ0v) is 25.1. The highest BCUT2D eigenvalue weighted by molar-refractivity contribution is 6.24. The van der Waals surface area contributed by atoms with E-state index in [1.54, 1.807) is 25.1 Å². The van der Waals surface area contributed by atoms with E-state index in [1.807, 2.05) is 0 Å². The summed E-state index contributed by atoms with van der Waals surface area (Å²) < 4.78 is 41.7. The van der Waals surface area contributed by atoms with Crippen LogP contribution >= 0.6 is 0 Å². The van der Waals surface area contributed by atoms with Crippen molar-refractivity contribution < 1.29 is 48.0 Å². The molecule has 3 aliphatic rings. The standard InChI is InChI=1S/C32H34F3N3O7/c1-37(2)21-10-13(6-5-7-16-19(34)11-15(33)12-20(16)35)26(39)23-17(21)8-14-9-18-25(38(3)4)28(41)24(31(36)44)30(43)32(18,45)29(42)22(14)27(23)40/h10-12,14,18,25,39-40,43,45H,5-9H2,1-4H3,(H2,36,44)/t14-,18-,25-,32-/m0/s1. The van der Waals surface area contributed by atoms with Crippen LogP contribution < -0.4 is 10.6 Å². The molecule has 0 bridgehead atoms. The zero-order chi connectivity index (χ0) is 33.3. The van der Waals surface area contributed by atoms with Crippen molar-refractivity contribution in [2.24, 2.45) is 17.6 Å². The molecule has 0 saturated heterocycles. The van der Waals surface area contributed by atoms with Crippen molar-refractivity contribution in [3.63, 3.8) is 0 Å². The van der Waals surface area contributed by atoms with Gasteiger partial charge in [-0.05, 0) is 69.3 Å². The number of nitrogens with zero attached hydrogens (tertiary/aromatic N) is 2. The van der Waals surface area contributed by atoms with Crippen LogP contribution in [0.1, 0.15) is 35.1 Å². The first-order chi connectivity index (χ1) is 21.0. The van der Waals surface area contributed by atoms with Crippen molar-refractivity contribution in [2.45, 2.75) is 43.7 Å². The van der Waals surface area contributed by atoms with Gasteiger partial charge in [0.1, 0.15) is 40.3 Å². The number of carbonyl (C=O) groups excluding carboxylic acids is 3. The van der Waals surface area contributed by atoms with Crippen LogP contribution in [0.15, 0.2) is 35.1 Å². The maximum atomic E-state index is 14.2. The third-order valence-corrected chi connectivity index (χ3v) is 9.24. The Hall–Kier alpha value is -4.36. The number of phenols is 1. The first-order valence-corrected chi connectivity index (χ1v) is 14.3. The minimum Gasteiger partial charge on any atom is -0.508 e. The van der Waals surface area contributed by atoms with E-state index in [9.17, 15) is 48.0 Å². The number of phenolic OH excluding ortho intramolecular Hbond substituents is 1. The van der Waals surface area contributed by atoms with Crippen molar-refractivity contribution >= 4 is 28.9 Å². The van der Waals surface area contributed by atoms with E-state index in [2.05, 4.69) is 0 Å². The molecule has 45 heavy (non-hydrogen) atoms. The van der Waals surface area contributed by atoms with Gasteiger partial charge in [0.2, 0.25) is 5.78 Å². The van der Waals surface area contributed by atoms with E-state index in [4.69, 9.17) is 5.73 Å². The molecule has 3 aliphatic carbocycles. The number of likely N-dealkylation sites (N-methyl/N-ethyl adjacent to an activating group) is 1. The number of amides is 1. The summed E-state index contributed by atoms with van der Waals surface area (Å²) in [5.74, 6) is -10.5. The van der Waals surface area contributed by atoms with Gasteiger partial charge in [-0.3, -0.25) is 19.3 Å². The van der Waals surface area contributed by atoms with E-state index < -0.39 is 75.5 Å². The van der Waals surface area contributed by atoms with Crippen LogP contribution in [0.3, 0.4) is 0 Å². The van der Waals surface area contributed by atoms with Gasteiger partial charge in [0.05, 0.1) is 11.6 Å². The Morgan fingerprint density at radius 2 is 1.64 bits per heavy atom. The highest BCUT2D eigenvalue weighted by atomic mass is 19.1. The predicted octanol–water partition coefficient (Wildman–Crippen LogP) is 2.62. The number of primary amides is 1. The minimum absolute atomic E-state index is 0.0457. The Morgan fingerprint density at radius 3 is 2.20 bits per heavy atom. The Bertz CT molecular complexity index is 1690. The summed E-state index contributed by atoms with van der Waals surface area (Å²) in [5.41, 5.74) is 2.40. The third-order valence-electron chi connectivity index (χ3n) is 9.24. The Kier molecular flexibility index (Phi) is 7.99. The van der Waals surface area contributed by atoms with Crippen LogP contribution in [0.2, 0.25) is 0 Å². The minimum atomic E-state index is -2.76. The number of aromatic hydroxyl groups is 1. The van der Waals surface area contributed by atoms with Crippen LogP contribution in [0.25, 0.3) is 5.76 Å². The normalized spacial score (nSPS) is 24.5. The average molecular weight is 630 g/mol. The third kappa shape index (κ3) is 4.85. The summed E-state index contributed by atoms with van der Waals surface area (Å²) in [6, 6.07) is 1.65. The van der Waals surface area contributed by atoms with Crippen molar-refractivity contribution in [3.05, 3.63) is 74.8 Å². The number of halogens is 3. The maximum Gasteiger partial charge on any atom is 0.255 e. The summed E-state index contributed by atoms with van der Waals surface area (Å²) in [4.78, 5) is 42.7. The number of hydrogen-bond donors (Lipinski definition) is 5. The Labute approximate surface area is 256 Å². The largest absolute Gasteiger partial charge is 0.508 e. The number of aliphatic hydroxyl groups excluding tert-OH is 2. The van der Waals surface area contributed by atoms with Crippen LogP contribution in [-0.2, 0) is 33.6 Å².